The minimum atomic E-state index is -3.87. The molecule has 130 valence electrons. The van der Waals surface area contributed by atoms with E-state index in [2.05, 4.69) is 30.9 Å². The van der Waals surface area contributed by atoms with Gasteiger partial charge in [-0.05, 0) is 38.7 Å². The molecule has 2 aromatic heterocycles. The molecule has 3 rings (SSSR count). The molecule has 0 saturated carbocycles. The van der Waals surface area contributed by atoms with Crippen LogP contribution in [0.1, 0.15) is 20.9 Å². The van der Waals surface area contributed by atoms with Crippen molar-refractivity contribution in [2.75, 3.05) is 0 Å². The van der Waals surface area contributed by atoms with E-state index in [1.807, 2.05) is 0 Å². The van der Waals surface area contributed by atoms with Crippen molar-refractivity contribution in [3.63, 3.8) is 0 Å². The number of carbonyl (C=O) groups is 1. The number of rotatable bonds is 5. The second kappa shape index (κ2) is 6.87. The minimum absolute atomic E-state index is 0.000973. The molecular formula is C14H9BrF2N2O4PS+. The van der Waals surface area contributed by atoms with Gasteiger partial charge in [-0.25, -0.2) is 0 Å². The van der Waals surface area contributed by atoms with Gasteiger partial charge in [0.1, 0.15) is 16.8 Å². The molecule has 0 bridgehead atoms. The lowest BCUT2D eigenvalue weighted by Gasteiger charge is -2.03. The van der Waals surface area contributed by atoms with E-state index in [9.17, 15) is 18.1 Å². The van der Waals surface area contributed by atoms with Crippen molar-refractivity contribution in [2.24, 2.45) is 0 Å². The summed E-state index contributed by atoms with van der Waals surface area (Å²) in [7, 11) is -3.72. The lowest BCUT2D eigenvalue weighted by Crippen LogP contribution is -2.22. The van der Waals surface area contributed by atoms with Crippen molar-refractivity contribution in [3.8, 4) is 0 Å². The van der Waals surface area contributed by atoms with Gasteiger partial charge in [-0.2, -0.15) is 4.89 Å². The van der Waals surface area contributed by atoms with E-state index < -0.39 is 24.5 Å². The summed E-state index contributed by atoms with van der Waals surface area (Å²) in [6.07, 6.45) is 1.38. The molecule has 0 radical (unpaired) electrons. The molecule has 0 aliphatic carbocycles. The van der Waals surface area contributed by atoms with Crippen LogP contribution >= 0.6 is 35.3 Å². The first-order chi connectivity index (χ1) is 11.8. The zero-order valence-electron chi connectivity index (χ0n) is 12.2. The summed E-state index contributed by atoms with van der Waals surface area (Å²) in [5.74, 6) is -0.412. The fourth-order valence-corrected chi connectivity index (χ4v) is 4.80. The summed E-state index contributed by atoms with van der Waals surface area (Å²) < 4.78 is 43.8. The van der Waals surface area contributed by atoms with Crippen LogP contribution in [0.25, 0.3) is 10.1 Å². The molecule has 0 spiro atoms. The summed E-state index contributed by atoms with van der Waals surface area (Å²) in [5.41, 5.74) is -3.06. The molecule has 0 fully saturated rings. The Hall–Kier alpha value is -1.74. The Morgan fingerprint density at radius 2 is 2.20 bits per heavy atom. The molecule has 3 aromatic rings. The zero-order chi connectivity index (χ0) is 18.2. The Bertz CT molecular complexity index is 961. The van der Waals surface area contributed by atoms with Crippen LogP contribution in [0.4, 0.5) is 8.78 Å². The lowest BCUT2D eigenvalue weighted by molar-refractivity contribution is 0.0849. The van der Waals surface area contributed by atoms with Crippen molar-refractivity contribution in [1.29, 1.82) is 0 Å². The molecule has 2 N–H and O–H groups in total. The maximum Gasteiger partial charge on any atom is 0.590 e. The number of hydrogen-bond donors (Lipinski definition) is 2. The van der Waals surface area contributed by atoms with Gasteiger partial charge in [0.2, 0.25) is 0 Å². The number of carbonyl (C=O) groups excluding carboxylic acids is 1. The van der Waals surface area contributed by atoms with Gasteiger partial charge in [-0.15, -0.1) is 20.1 Å². The van der Waals surface area contributed by atoms with Gasteiger partial charge in [0.25, 0.3) is 5.91 Å². The molecule has 0 saturated heterocycles. The number of thiophene rings is 1. The number of benzene rings is 1. The van der Waals surface area contributed by atoms with E-state index in [-0.39, 0.29) is 16.6 Å². The molecular weight excluding hydrogens is 441 g/mol. The van der Waals surface area contributed by atoms with Crippen LogP contribution < -0.4 is 5.32 Å². The van der Waals surface area contributed by atoms with Gasteiger partial charge in [0, 0.05) is 21.7 Å². The summed E-state index contributed by atoms with van der Waals surface area (Å²) in [4.78, 5) is 20.5. The average Bonchev–Trinajstić information content (AvgIpc) is 3.20. The number of amides is 1. The first-order valence-corrected chi connectivity index (χ1v) is 9.57. The zero-order valence-corrected chi connectivity index (χ0v) is 15.5. The van der Waals surface area contributed by atoms with Gasteiger partial charge >= 0.3 is 13.7 Å². The van der Waals surface area contributed by atoms with Gasteiger partial charge in [-0.3, -0.25) is 4.79 Å². The number of nitrogens with one attached hydrogen (secondary N) is 1. The van der Waals surface area contributed by atoms with Crippen LogP contribution in [0.5, 0.6) is 0 Å². The van der Waals surface area contributed by atoms with E-state index in [4.69, 9.17) is 4.89 Å². The molecule has 1 amide bonds. The lowest BCUT2D eigenvalue weighted by atomic mass is 10.1. The Morgan fingerprint density at radius 1 is 1.44 bits per heavy atom. The summed E-state index contributed by atoms with van der Waals surface area (Å²) >= 11 is 3.74. The smallest absolute Gasteiger partial charge is 0.364 e. The summed E-state index contributed by atoms with van der Waals surface area (Å²) in [6.45, 7) is 0.159. The maximum absolute atomic E-state index is 13.9. The van der Waals surface area contributed by atoms with Gasteiger partial charge < -0.3 is 9.84 Å². The second-order valence-electron chi connectivity index (χ2n) is 4.94. The minimum Gasteiger partial charge on any atom is -0.364 e. The number of nitrogens with zero attached hydrogens (tertiary/aromatic N) is 1. The van der Waals surface area contributed by atoms with Crippen LogP contribution in [-0.4, -0.2) is 16.0 Å². The SMILES string of the molecule is O=C(NCc1ccon1)c1ccc2sc(C(F)(F)[P+](=O)O)c(Br)c2c1. The fraction of sp³-hybridized carbons (Fsp3) is 0.143. The number of alkyl halides is 2. The predicted octanol–water partition coefficient (Wildman–Crippen LogP) is 4.37. The third-order valence-electron chi connectivity index (χ3n) is 3.32. The van der Waals surface area contributed by atoms with E-state index in [0.29, 0.717) is 27.1 Å². The third-order valence-corrected chi connectivity index (χ3v) is 6.51. The number of fused-ring (bicyclic) bond motifs is 1. The van der Waals surface area contributed by atoms with Crippen LogP contribution in [0.3, 0.4) is 0 Å². The summed E-state index contributed by atoms with van der Waals surface area (Å²) in [6, 6.07) is 6.05. The average molecular weight is 450 g/mol. The van der Waals surface area contributed by atoms with Gasteiger partial charge in [-0.1, -0.05) is 5.16 Å². The van der Waals surface area contributed by atoms with Gasteiger partial charge in [0.05, 0.1) is 11.0 Å². The number of halogens is 3. The molecule has 11 heteroatoms. The standard InChI is InChI=1S/C14H8BrF2N2O4PS/c15-11-9-5-7(13(20)18-6-8-3-4-23-19-8)1-2-10(9)25-12(11)14(16,17)24(21)22/h1-5H,6H2,(H-,18,20,21,22)/p+1. The highest BCUT2D eigenvalue weighted by atomic mass is 79.9. The normalized spacial score (nSPS) is 12.4. The predicted molar refractivity (Wildman–Crippen MR) is 90.9 cm³/mol. The topological polar surface area (TPSA) is 92.4 Å². The largest absolute Gasteiger partial charge is 0.590 e. The highest BCUT2D eigenvalue weighted by Gasteiger charge is 2.56. The van der Waals surface area contributed by atoms with Crippen molar-refractivity contribution in [1.82, 2.24) is 10.5 Å². The van der Waals surface area contributed by atoms with Gasteiger partial charge in [0.15, 0.2) is 0 Å². The Morgan fingerprint density at radius 3 is 2.84 bits per heavy atom. The van der Waals surface area contributed by atoms with E-state index >= 15 is 0 Å². The molecule has 1 atom stereocenters. The number of hydrogen-bond acceptors (Lipinski definition) is 5. The van der Waals surface area contributed by atoms with Crippen LogP contribution in [0.15, 0.2) is 39.5 Å². The number of aromatic nitrogens is 1. The monoisotopic (exact) mass is 449 g/mol. The molecule has 1 aromatic carbocycles. The van der Waals surface area contributed by atoms with Crippen LogP contribution in [-0.2, 0) is 16.8 Å². The first-order valence-electron chi connectivity index (χ1n) is 6.74. The molecule has 1 unspecified atom stereocenters. The van der Waals surface area contributed by atoms with E-state index in [1.165, 1.54) is 24.5 Å². The Balaban J connectivity index is 1.90. The Kier molecular flexibility index (Phi) is 4.97. The Labute approximate surface area is 152 Å². The van der Waals surface area contributed by atoms with Crippen molar-refractivity contribution < 1.29 is 27.6 Å². The van der Waals surface area contributed by atoms with Crippen molar-refractivity contribution in [2.45, 2.75) is 12.2 Å². The second-order valence-corrected chi connectivity index (χ2v) is 7.90. The van der Waals surface area contributed by atoms with E-state index in [1.54, 1.807) is 6.07 Å². The fourth-order valence-electron chi connectivity index (χ4n) is 2.09. The maximum atomic E-state index is 13.9. The van der Waals surface area contributed by atoms with Crippen molar-refractivity contribution in [3.05, 3.63) is 51.1 Å². The highest BCUT2D eigenvalue weighted by Crippen LogP contribution is 2.54. The summed E-state index contributed by atoms with van der Waals surface area (Å²) in [5, 5.41) is 6.66. The van der Waals surface area contributed by atoms with Crippen LogP contribution in [0.2, 0.25) is 0 Å². The molecule has 0 aliphatic rings. The van der Waals surface area contributed by atoms with E-state index in [0.717, 1.165) is 0 Å². The quantitative estimate of drug-likeness (QED) is 0.564. The highest BCUT2D eigenvalue weighted by molar-refractivity contribution is 9.10. The first kappa shape index (κ1) is 18.1. The third kappa shape index (κ3) is 3.48. The molecule has 6 nitrogen and oxygen atoms in total. The molecule has 25 heavy (non-hydrogen) atoms. The molecule has 0 aliphatic heterocycles. The molecule has 2 heterocycles. The van der Waals surface area contributed by atoms with Crippen LogP contribution in [0, 0.1) is 0 Å². The van der Waals surface area contributed by atoms with Crippen molar-refractivity contribution >= 4 is 51.3 Å².